The molecule has 1 aromatic heterocycles. The van der Waals surface area contributed by atoms with Crippen LogP contribution in [0.15, 0.2) is 6.20 Å². The van der Waals surface area contributed by atoms with E-state index in [-0.39, 0.29) is 11.7 Å². The Kier molecular flexibility index (Phi) is 4.53. The number of carbonyl (C=O) groups excluding carboxylic acids is 1. The van der Waals surface area contributed by atoms with Crippen LogP contribution in [0.25, 0.3) is 0 Å². The standard InChI is InChI=1S/C15H22N2O2/c1-10-8-17-13(11(2)15(10)19-3)7-14(18)12-5-4-6-16-9-12/h8,12,16H,4-7,9H2,1-3H3. The van der Waals surface area contributed by atoms with Crippen LogP contribution in [-0.4, -0.2) is 31.0 Å². The summed E-state index contributed by atoms with van der Waals surface area (Å²) in [5, 5.41) is 3.28. The van der Waals surface area contributed by atoms with Gasteiger partial charge in [0.25, 0.3) is 0 Å². The van der Waals surface area contributed by atoms with Crippen LogP contribution in [0.1, 0.15) is 29.7 Å². The molecule has 1 fully saturated rings. The van der Waals surface area contributed by atoms with Gasteiger partial charge in [0.15, 0.2) is 0 Å². The SMILES string of the molecule is COc1c(C)cnc(CC(=O)C2CCCNC2)c1C. The first-order valence-electron chi connectivity index (χ1n) is 6.86. The van der Waals surface area contributed by atoms with Crippen molar-refractivity contribution in [3.63, 3.8) is 0 Å². The summed E-state index contributed by atoms with van der Waals surface area (Å²) in [5.74, 6) is 1.27. The number of carbonyl (C=O) groups is 1. The number of nitrogens with zero attached hydrogens (tertiary/aromatic N) is 1. The highest BCUT2D eigenvalue weighted by Gasteiger charge is 2.22. The molecule has 0 bridgehead atoms. The average Bonchev–Trinajstić information content (AvgIpc) is 2.43. The fourth-order valence-corrected chi connectivity index (χ4v) is 2.69. The van der Waals surface area contributed by atoms with Crippen LogP contribution in [0, 0.1) is 19.8 Å². The number of aryl methyl sites for hydroxylation is 1. The minimum Gasteiger partial charge on any atom is -0.496 e. The van der Waals surface area contributed by atoms with Crippen LogP contribution in [0.2, 0.25) is 0 Å². The average molecular weight is 262 g/mol. The van der Waals surface area contributed by atoms with Crippen molar-refractivity contribution in [2.45, 2.75) is 33.1 Å². The van der Waals surface area contributed by atoms with Crippen LogP contribution in [-0.2, 0) is 11.2 Å². The van der Waals surface area contributed by atoms with E-state index in [0.29, 0.717) is 6.42 Å². The van der Waals surface area contributed by atoms with Crippen molar-refractivity contribution in [2.75, 3.05) is 20.2 Å². The van der Waals surface area contributed by atoms with Gasteiger partial charge in [0, 0.05) is 36.2 Å². The molecule has 104 valence electrons. The summed E-state index contributed by atoms with van der Waals surface area (Å²) < 4.78 is 5.38. The Morgan fingerprint density at radius 2 is 2.32 bits per heavy atom. The minimum atomic E-state index is 0.141. The van der Waals surface area contributed by atoms with Crippen molar-refractivity contribution >= 4 is 5.78 Å². The number of ether oxygens (including phenoxy) is 1. The lowest BCUT2D eigenvalue weighted by Crippen LogP contribution is -2.35. The molecule has 1 aliphatic rings. The Bertz CT molecular complexity index is 465. The molecule has 2 heterocycles. The Morgan fingerprint density at radius 1 is 1.53 bits per heavy atom. The van der Waals surface area contributed by atoms with Crippen LogP contribution in [0.4, 0.5) is 0 Å². The van der Waals surface area contributed by atoms with Gasteiger partial charge in [-0.3, -0.25) is 9.78 Å². The lowest BCUT2D eigenvalue weighted by atomic mass is 9.91. The normalized spacial score (nSPS) is 19.2. The van der Waals surface area contributed by atoms with E-state index >= 15 is 0 Å². The maximum absolute atomic E-state index is 12.3. The number of methoxy groups -OCH3 is 1. The molecule has 2 rings (SSSR count). The minimum absolute atomic E-state index is 0.141. The molecule has 1 saturated heterocycles. The molecular formula is C15H22N2O2. The number of aromatic nitrogens is 1. The lowest BCUT2D eigenvalue weighted by Gasteiger charge is -2.21. The summed E-state index contributed by atoms with van der Waals surface area (Å²) in [4.78, 5) is 16.7. The number of pyridine rings is 1. The summed E-state index contributed by atoms with van der Waals surface area (Å²) >= 11 is 0. The first-order valence-corrected chi connectivity index (χ1v) is 6.86. The van der Waals surface area contributed by atoms with E-state index in [0.717, 1.165) is 48.5 Å². The topological polar surface area (TPSA) is 51.2 Å². The van der Waals surface area contributed by atoms with Crippen molar-refractivity contribution < 1.29 is 9.53 Å². The zero-order valence-corrected chi connectivity index (χ0v) is 12.0. The van der Waals surface area contributed by atoms with E-state index in [1.807, 2.05) is 13.8 Å². The zero-order chi connectivity index (χ0) is 13.8. The summed E-state index contributed by atoms with van der Waals surface area (Å²) in [6.45, 7) is 5.77. The van der Waals surface area contributed by atoms with Crippen molar-refractivity contribution in [3.8, 4) is 5.75 Å². The second-order valence-electron chi connectivity index (χ2n) is 5.23. The third-order valence-corrected chi connectivity index (χ3v) is 3.84. The number of ketones is 1. The van der Waals surface area contributed by atoms with E-state index in [2.05, 4.69) is 10.3 Å². The molecule has 0 spiro atoms. The molecule has 1 aromatic rings. The van der Waals surface area contributed by atoms with Gasteiger partial charge in [-0.1, -0.05) is 0 Å². The fraction of sp³-hybridized carbons (Fsp3) is 0.600. The molecule has 0 aliphatic carbocycles. The third kappa shape index (κ3) is 3.13. The molecule has 4 heteroatoms. The number of piperidine rings is 1. The molecule has 0 radical (unpaired) electrons. The molecule has 1 atom stereocenters. The number of rotatable bonds is 4. The Labute approximate surface area is 114 Å². The van der Waals surface area contributed by atoms with Gasteiger partial charge >= 0.3 is 0 Å². The lowest BCUT2D eigenvalue weighted by molar-refractivity contribution is -0.122. The quantitative estimate of drug-likeness (QED) is 0.899. The van der Waals surface area contributed by atoms with Gasteiger partial charge in [-0.05, 0) is 33.2 Å². The van der Waals surface area contributed by atoms with Crippen LogP contribution >= 0.6 is 0 Å². The highest BCUT2D eigenvalue weighted by Crippen LogP contribution is 2.25. The van der Waals surface area contributed by atoms with E-state index < -0.39 is 0 Å². The van der Waals surface area contributed by atoms with Gasteiger partial charge in [0.05, 0.1) is 12.8 Å². The second-order valence-corrected chi connectivity index (χ2v) is 5.23. The summed E-state index contributed by atoms with van der Waals surface area (Å²) in [6, 6.07) is 0. The van der Waals surface area contributed by atoms with Crippen LogP contribution in [0.5, 0.6) is 5.75 Å². The van der Waals surface area contributed by atoms with Crippen LogP contribution in [0.3, 0.4) is 0 Å². The number of hydrogen-bond donors (Lipinski definition) is 1. The van der Waals surface area contributed by atoms with Crippen molar-refractivity contribution in [1.82, 2.24) is 10.3 Å². The van der Waals surface area contributed by atoms with E-state index in [1.54, 1.807) is 13.3 Å². The van der Waals surface area contributed by atoms with Crippen molar-refractivity contribution in [1.29, 1.82) is 0 Å². The molecule has 0 amide bonds. The highest BCUT2D eigenvalue weighted by molar-refractivity contribution is 5.83. The monoisotopic (exact) mass is 262 g/mol. The predicted octanol–water partition coefficient (Wildman–Crippen LogP) is 1.82. The van der Waals surface area contributed by atoms with E-state index in [4.69, 9.17) is 4.74 Å². The molecule has 19 heavy (non-hydrogen) atoms. The molecule has 1 aliphatic heterocycles. The van der Waals surface area contributed by atoms with Gasteiger partial charge in [-0.15, -0.1) is 0 Å². The fourth-order valence-electron chi connectivity index (χ4n) is 2.69. The van der Waals surface area contributed by atoms with Crippen molar-refractivity contribution in [2.24, 2.45) is 5.92 Å². The Morgan fingerprint density at radius 3 is 2.95 bits per heavy atom. The second kappa shape index (κ2) is 6.15. The number of hydrogen-bond acceptors (Lipinski definition) is 4. The van der Waals surface area contributed by atoms with Gasteiger partial charge < -0.3 is 10.1 Å². The summed E-state index contributed by atoms with van der Waals surface area (Å²) in [6.07, 6.45) is 4.27. The summed E-state index contributed by atoms with van der Waals surface area (Å²) in [5.41, 5.74) is 2.84. The Balaban J connectivity index is 2.12. The van der Waals surface area contributed by atoms with Gasteiger partial charge in [-0.25, -0.2) is 0 Å². The van der Waals surface area contributed by atoms with Crippen molar-refractivity contribution in [3.05, 3.63) is 23.0 Å². The van der Waals surface area contributed by atoms with Gasteiger partial charge in [0.2, 0.25) is 0 Å². The maximum atomic E-state index is 12.3. The maximum Gasteiger partial charge on any atom is 0.143 e. The summed E-state index contributed by atoms with van der Waals surface area (Å²) in [7, 11) is 1.66. The predicted molar refractivity (Wildman–Crippen MR) is 74.6 cm³/mol. The smallest absolute Gasteiger partial charge is 0.143 e. The number of nitrogens with one attached hydrogen (secondary N) is 1. The molecule has 4 nitrogen and oxygen atoms in total. The first kappa shape index (κ1) is 14.0. The highest BCUT2D eigenvalue weighted by atomic mass is 16.5. The molecular weight excluding hydrogens is 240 g/mol. The van der Waals surface area contributed by atoms with Crippen LogP contribution < -0.4 is 10.1 Å². The van der Waals surface area contributed by atoms with Gasteiger partial charge in [-0.2, -0.15) is 0 Å². The van der Waals surface area contributed by atoms with E-state index in [1.165, 1.54) is 0 Å². The largest absolute Gasteiger partial charge is 0.496 e. The molecule has 1 unspecified atom stereocenters. The van der Waals surface area contributed by atoms with E-state index in [9.17, 15) is 4.79 Å². The molecule has 1 N–H and O–H groups in total. The first-order chi connectivity index (χ1) is 9.13. The van der Waals surface area contributed by atoms with Gasteiger partial charge in [0.1, 0.15) is 11.5 Å². The molecule has 0 aromatic carbocycles. The number of Topliss-reactive ketones (excluding diaryl/α,β-unsaturated/α-hetero) is 1. The zero-order valence-electron chi connectivity index (χ0n) is 12.0. The Hall–Kier alpha value is -1.42. The third-order valence-electron chi connectivity index (χ3n) is 3.84. The molecule has 0 saturated carbocycles.